The summed E-state index contributed by atoms with van der Waals surface area (Å²) < 4.78 is 0. The number of likely N-dealkylation sites (tertiary alicyclic amines) is 1. The van der Waals surface area contributed by atoms with E-state index in [9.17, 15) is 9.59 Å². The highest BCUT2D eigenvalue weighted by Crippen LogP contribution is 2.33. The quantitative estimate of drug-likeness (QED) is 0.939. The van der Waals surface area contributed by atoms with E-state index in [4.69, 9.17) is 0 Å². The molecule has 0 atom stereocenters. The molecule has 0 radical (unpaired) electrons. The van der Waals surface area contributed by atoms with E-state index < -0.39 is 0 Å². The molecule has 2 aromatic rings. The monoisotopic (exact) mass is 325 g/mol. The number of aromatic nitrogens is 1. The molecule has 1 N–H and O–H groups in total. The number of fused-ring (bicyclic) bond motifs is 1. The Labute approximate surface area is 142 Å². The smallest absolute Gasteiger partial charge is 0.244 e. The van der Waals surface area contributed by atoms with E-state index in [0.717, 1.165) is 34.3 Å². The summed E-state index contributed by atoms with van der Waals surface area (Å²) in [5.41, 5.74) is 3.67. The molecule has 0 spiro atoms. The molecule has 1 aliphatic heterocycles. The van der Waals surface area contributed by atoms with E-state index in [1.54, 1.807) is 4.90 Å². The number of hydrogen-bond acceptors (Lipinski definition) is 3. The highest BCUT2D eigenvalue weighted by Gasteiger charge is 2.24. The average molecular weight is 325 g/mol. The number of nitrogens with one attached hydrogen (secondary N) is 1. The van der Waals surface area contributed by atoms with Crippen molar-refractivity contribution in [1.29, 1.82) is 0 Å². The zero-order chi connectivity index (χ0) is 17.3. The van der Waals surface area contributed by atoms with Crippen LogP contribution in [0.4, 0.5) is 5.69 Å². The van der Waals surface area contributed by atoms with Crippen molar-refractivity contribution in [3.63, 3.8) is 0 Å². The van der Waals surface area contributed by atoms with E-state index in [2.05, 4.69) is 24.1 Å². The Balaban J connectivity index is 1.96. The molecule has 2 heterocycles. The number of para-hydroxylation sites is 1. The number of aryl methyl sites for hydroxylation is 1. The summed E-state index contributed by atoms with van der Waals surface area (Å²) in [6, 6.07) is 7.82. The maximum atomic E-state index is 12.5. The predicted octanol–water partition coefficient (Wildman–Crippen LogP) is 3.23. The Hall–Kier alpha value is -2.43. The first-order valence-corrected chi connectivity index (χ1v) is 8.44. The van der Waals surface area contributed by atoms with Crippen molar-refractivity contribution in [3.05, 3.63) is 35.5 Å². The van der Waals surface area contributed by atoms with Gasteiger partial charge in [-0.1, -0.05) is 32.0 Å². The van der Waals surface area contributed by atoms with Gasteiger partial charge in [-0.2, -0.15) is 0 Å². The van der Waals surface area contributed by atoms with Crippen molar-refractivity contribution in [1.82, 2.24) is 9.88 Å². The molecule has 1 aliphatic rings. The van der Waals surface area contributed by atoms with Gasteiger partial charge >= 0.3 is 0 Å². The molecule has 1 fully saturated rings. The SMILES string of the molecule is Cc1nc2ccccc2c(NC(=O)CN2CCCC2=O)c1C(C)C. The molecular formula is C19H23N3O2. The third kappa shape index (κ3) is 3.11. The molecule has 5 heteroatoms. The highest BCUT2D eigenvalue weighted by atomic mass is 16.2. The maximum Gasteiger partial charge on any atom is 0.244 e. The minimum absolute atomic E-state index is 0.0602. The summed E-state index contributed by atoms with van der Waals surface area (Å²) >= 11 is 0. The summed E-state index contributed by atoms with van der Waals surface area (Å²) in [5, 5.41) is 3.99. The van der Waals surface area contributed by atoms with E-state index in [-0.39, 0.29) is 24.3 Å². The first kappa shape index (κ1) is 16.4. The normalized spacial score (nSPS) is 14.7. The molecule has 24 heavy (non-hydrogen) atoms. The largest absolute Gasteiger partial charge is 0.333 e. The fraction of sp³-hybridized carbons (Fsp3) is 0.421. The third-order valence-electron chi connectivity index (χ3n) is 4.47. The molecule has 126 valence electrons. The van der Waals surface area contributed by atoms with Crippen LogP contribution in [0.25, 0.3) is 10.9 Å². The number of rotatable bonds is 4. The molecule has 2 amide bonds. The predicted molar refractivity (Wildman–Crippen MR) is 95.0 cm³/mol. The van der Waals surface area contributed by atoms with Crippen molar-refractivity contribution >= 4 is 28.4 Å². The van der Waals surface area contributed by atoms with Crippen molar-refractivity contribution in [3.8, 4) is 0 Å². The zero-order valence-electron chi connectivity index (χ0n) is 14.4. The van der Waals surface area contributed by atoms with Crippen molar-refractivity contribution in [2.24, 2.45) is 0 Å². The van der Waals surface area contributed by atoms with Crippen LogP contribution in [0.15, 0.2) is 24.3 Å². The Morgan fingerprint density at radius 2 is 2.08 bits per heavy atom. The van der Waals surface area contributed by atoms with Gasteiger partial charge in [0, 0.05) is 29.6 Å². The number of hydrogen-bond donors (Lipinski definition) is 1. The second-order valence-electron chi connectivity index (χ2n) is 6.62. The lowest BCUT2D eigenvalue weighted by Gasteiger charge is -2.20. The molecule has 5 nitrogen and oxygen atoms in total. The lowest BCUT2D eigenvalue weighted by molar-refractivity contribution is -0.131. The number of anilines is 1. The molecule has 0 aliphatic carbocycles. The average Bonchev–Trinajstić information content (AvgIpc) is 2.91. The summed E-state index contributed by atoms with van der Waals surface area (Å²) in [6.45, 7) is 6.95. The zero-order valence-corrected chi connectivity index (χ0v) is 14.4. The van der Waals surface area contributed by atoms with Gasteiger partial charge in [0.05, 0.1) is 17.7 Å². The topological polar surface area (TPSA) is 62.3 Å². The van der Waals surface area contributed by atoms with Gasteiger partial charge in [0.2, 0.25) is 11.8 Å². The molecule has 0 unspecified atom stereocenters. The summed E-state index contributed by atoms with van der Waals surface area (Å²) in [6.07, 6.45) is 1.38. The van der Waals surface area contributed by atoms with Gasteiger partial charge in [-0.15, -0.1) is 0 Å². The maximum absolute atomic E-state index is 12.5. The van der Waals surface area contributed by atoms with Gasteiger partial charge < -0.3 is 10.2 Å². The minimum Gasteiger partial charge on any atom is -0.333 e. The van der Waals surface area contributed by atoms with Gasteiger partial charge in [0.1, 0.15) is 0 Å². The first-order chi connectivity index (χ1) is 11.5. The lowest BCUT2D eigenvalue weighted by atomic mass is 9.96. The van der Waals surface area contributed by atoms with Crippen molar-refractivity contribution < 1.29 is 9.59 Å². The Morgan fingerprint density at radius 1 is 1.33 bits per heavy atom. The summed E-state index contributed by atoms with van der Waals surface area (Å²) in [5.74, 6) is 0.152. The Morgan fingerprint density at radius 3 is 2.75 bits per heavy atom. The van der Waals surface area contributed by atoms with Crippen LogP contribution in [0.5, 0.6) is 0 Å². The van der Waals surface area contributed by atoms with Crippen molar-refractivity contribution in [2.45, 2.75) is 39.5 Å². The molecule has 0 saturated carbocycles. The highest BCUT2D eigenvalue weighted by molar-refractivity contribution is 6.04. The third-order valence-corrected chi connectivity index (χ3v) is 4.47. The number of pyridine rings is 1. The van der Waals surface area contributed by atoms with Crippen LogP contribution in [0.1, 0.15) is 43.9 Å². The van der Waals surface area contributed by atoms with Crippen LogP contribution >= 0.6 is 0 Å². The molecule has 3 rings (SSSR count). The molecule has 1 saturated heterocycles. The molecular weight excluding hydrogens is 302 g/mol. The van der Waals surface area contributed by atoms with Crippen LogP contribution in [0.3, 0.4) is 0 Å². The van der Waals surface area contributed by atoms with E-state index in [1.165, 1.54) is 0 Å². The second kappa shape index (κ2) is 6.59. The number of carbonyl (C=O) groups excluding carboxylic acids is 2. The van der Waals surface area contributed by atoms with Crippen LogP contribution in [0, 0.1) is 6.92 Å². The molecule has 1 aromatic carbocycles. The Kier molecular flexibility index (Phi) is 4.51. The van der Waals surface area contributed by atoms with Crippen molar-refractivity contribution in [2.75, 3.05) is 18.4 Å². The standard InChI is InChI=1S/C19H23N3O2/c1-12(2)18-13(3)20-15-8-5-4-7-14(15)19(18)21-16(23)11-22-10-6-9-17(22)24/h4-5,7-8,12H,6,9-11H2,1-3H3,(H,20,21,23). The van der Waals surface area contributed by atoms with Crippen LogP contribution < -0.4 is 5.32 Å². The van der Waals surface area contributed by atoms with E-state index >= 15 is 0 Å². The summed E-state index contributed by atoms with van der Waals surface area (Å²) in [7, 11) is 0. The number of carbonyl (C=O) groups is 2. The summed E-state index contributed by atoms with van der Waals surface area (Å²) in [4.78, 5) is 30.5. The van der Waals surface area contributed by atoms with Gasteiger partial charge in [-0.3, -0.25) is 14.6 Å². The van der Waals surface area contributed by atoms with Gasteiger partial charge in [-0.25, -0.2) is 0 Å². The van der Waals surface area contributed by atoms with Gasteiger partial charge in [0.25, 0.3) is 0 Å². The number of nitrogens with zero attached hydrogens (tertiary/aromatic N) is 2. The van der Waals surface area contributed by atoms with E-state index in [1.807, 2.05) is 31.2 Å². The molecule has 0 bridgehead atoms. The van der Waals surface area contributed by atoms with Crippen LogP contribution in [0.2, 0.25) is 0 Å². The minimum atomic E-state index is -0.150. The Bertz CT molecular complexity index is 799. The van der Waals surface area contributed by atoms with Crippen LogP contribution in [-0.4, -0.2) is 34.8 Å². The second-order valence-corrected chi connectivity index (χ2v) is 6.62. The van der Waals surface area contributed by atoms with Gasteiger partial charge in [0.15, 0.2) is 0 Å². The van der Waals surface area contributed by atoms with Crippen LogP contribution in [-0.2, 0) is 9.59 Å². The number of amides is 2. The van der Waals surface area contributed by atoms with E-state index in [0.29, 0.717) is 13.0 Å². The fourth-order valence-electron chi connectivity index (χ4n) is 3.41. The molecule has 1 aromatic heterocycles. The van der Waals surface area contributed by atoms with Gasteiger partial charge in [-0.05, 0) is 25.3 Å². The first-order valence-electron chi connectivity index (χ1n) is 8.44. The fourth-order valence-corrected chi connectivity index (χ4v) is 3.41. The number of benzene rings is 1. The lowest BCUT2D eigenvalue weighted by Crippen LogP contribution is -2.34.